The van der Waals surface area contributed by atoms with Crippen LogP contribution in [0.25, 0.3) is 0 Å². The van der Waals surface area contributed by atoms with Crippen molar-refractivity contribution >= 4 is 39.9 Å². The number of carbonyl (C=O) groups excluding carboxylic acids is 2. The number of thioether (sulfide) groups is 1. The normalized spacial score (nSPS) is 16.6. The van der Waals surface area contributed by atoms with Gasteiger partial charge in [0.2, 0.25) is 11.0 Å². The van der Waals surface area contributed by atoms with Crippen LogP contribution in [0.5, 0.6) is 11.5 Å². The van der Waals surface area contributed by atoms with E-state index in [1.165, 1.54) is 23.1 Å². The SMILES string of the molecule is COc1ccc(CCNC(=O)CSc2nnc(N3C(N)=C(C#N)C(c4ccccc4C)C4=C3CCCC4=O)s2)cc1OC. The second kappa shape index (κ2) is 13.3. The summed E-state index contributed by atoms with van der Waals surface area (Å²) in [5.41, 5.74) is 11.2. The lowest BCUT2D eigenvalue weighted by atomic mass is 9.75. The Morgan fingerprint density at radius 3 is 2.72 bits per heavy atom. The van der Waals surface area contributed by atoms with Crippen molar-refractivity contribution in [2.24, 2.45) is 5.73 Å². The summed E-state index contributed by atoms with van der Waals surface area (Å²) in [5, 5.41) is 22.3. The summed E-state index contributed by atoms with van der Waals surface area (Å²) < 4.78 is 11.2. The number of aromatic nitrogens is 2. The largest absolute Gasteiger partial charge is 0.493 e. The van der Waals surface area contributed by atoms with Crippen molar-refractivity contribution in [1.82, 2.24) is 15.5 Å². The lowest BCUT2D eigenvalue weighted by Gasteiger charge is -2.38. The Bertz CT molecular complexity index is 1660. The summed E-state index contributed by atoms with van der Waals surface area (Å²) in [4.78, 5) is 27.6. The Morgan fingerprint density at radius 1 is 1.19 bits per heavy atom. The number of nitrogens with two attached hydrogens (primary N) is 1. The van der Waals surface area contributed by atoms with Crippen molar-refractivity contribution in [1.29, 1.82) is 5.26 Å². The van der Waals surface area contributed by atoms with Crippen LogP contribution in [0.15, 0.2) is 69.5 Å². The summed E-state index contributed by atoms with van der Waals surface area (Å²) >= 11 is 2.55. The number of amides is 1. The Balaban J connectivity index is 1.28. The predicted octanol–water partition coefficient (Wildman–Crippen LogP) is 4.62. The maximum absolute atomic E-state index is 13.3. The Morgan fingerprint density at radius 2 is 1.98 bits per heavy atom. The number of methoxy groups -OCH3 is 2. The average Bonchev–Trinajstić information content (AvgIpc) is 3.48. The van der Waals surface area contributed by atoms with Crippen molar-refractivity contribution in [3.63, 3.8) is 0 Å². The molecule has 0 radical (unpaired) electrons. The molecule has 1 aromatic heterocycles. The molecular formula is C31H32N6O4S2. The van der Waals surface area contributed by atoms with Crippen LogP contribution < -0.4 is 25.4 Å². The van der Waals surface area contributed by atoms with E-state index in [4.69, 9.17) is 15.2 Å². The summed E-state index contributed by atoms with van der Waals surface area (Å²) in [6, 6.07) is 15.7. The monoisotopic (exact) mass is 616 g/mol. The minimum absolute atomic E-state index is 0.0172. The van der Waals surface area contributed by atoms with Gasteiger partial charge in [0, 0.05) is 24.2 Å². The van der Waals surface area contributed by atoms with Gasteiger partial charge in [-0.25, -0.2) is 0 Å². The summed E-state index contributed by atoms with van der Waals surface area (Å²) in [7, 11) is 3.18. The van der Waals surface area contributed by atoms with Gasteiger partial charge in [-0.05, 0) is 55.0 Å². The number of nitrogens with zero attached hydrogens (tertiary/aromatic N) is 4. The molecule has 3 aromatic rings. The minimum Gasteiger partial charge on any atom is -0.493 e. The Kier molecular flexibility index (Phi) is 9.33. The fourth-order valence-corrected chi connectivity index (χ4v) is 7.15. The van der Waals surface area contributed by atoms with E-state index in [1.807, 2.05) is 49.4 Å². The summed E-state index contributed by atoms with van der Waals surface area (Å²) in [6.45, 7) is 2.44. The van der Waals surface area contributed by atoms with Crippen molar-refractivity contribution in [3.05, 3.63) is 81.8 Å². The molecule has 3 N–H and O–H groups in total. The Labute approximate surface area is 258 Å². The molecule has 0 spiro atoms. The zero-order valence-corrected chi connectivity index (χ0v) is 25.8. The van der Waals surface area contributed by atoms with Gasteiger partial charge in [0.15, 0.2) is 21.6 Å². The number of anilines is 1. The highest BCUT2D eigenvalue weighted by atomic mass is 32.2. The van der Waals surface area contributed by atoms with Gasteiger partial charge in [0.25, 0.3) is 0 Å². The number of nitrogens with one attached hydrogen (secondary N) is 1. The van der Waals surface area contributed by atoms with E-state index in [9.17, 15) is 14.9 Å². The van der Waals surface area contributed by atoms with Crippen molar-refractivity contribution < 1.29 is 19.1 Å². The average molecular weight is 617 g/mol. The molecule has 43 heavy (non-hydrogen) atoms. The number of rotatable bonds is 10. The molecule has 5 rings (SSSR count). The molecule has 1 amide bonds. The van der Waals surface area contributed by atoms with Crippen LogP contribution in [0.2, 0.25) is 0 Å². The molecule has 10 nitrogen and oxygen atoms in total. The maximum atomic E-state index is 13.3. The number of hydrogen-bond donors (Lipinski definition) is 2. The van der Waals surface area contributed by atoms with Crippen molar-refractivity contribution in [2.45, 2.75) is 42.9 Å². The number of allylic oxidation sites excluding steroid dienone is 3. The van der Waals surface area contributed by atoms with Gasteiger partial charge in [-0.15, -0.1) is 10.2 Å². The predicted molar refractivity (Wildman–Crippen MR) is 166 cm³/mol. The Hall–Kier alpha value is -4.34. The quantitative estimate of drug-likeness (QED) is 0.310. The van der Waals surface area contributed by atoms with Gasteiger partial charge >= 0.3 is 0 Å². The van der Waals surface area contributed by atoms with Crippen LogP contribution >= 0.6 is 23.1 Å². The summed E-state index contributed by atoms with van der Waals surface area (Å²) in [5.74, 6) is 1.09. The first kappa shape index (κ1) is 30.1. The molecule has 0 bridgehead atoms. The van der Waals surface area contributed by atoms with E-state index in [-0.39, 0.29) is 23.3 Å². The van der Waals surface area contributed by atoms with Crippen LogP contribution in [0.1, 0.15) is 41.9 Å². The van der Waals surface area contributed by atoms with E-state index in [0.29, 0.717) is 64.3 Å². The molecule has 1 aliphatic carbocycles. The van der Waals surface area contributed by atoms with Crippen LogP contribution in [0.3, 0.4) is 0 Å². The van der Waals surface area contributed by atoms with Crippen molar-refractivity contribution in [2.75, 3.05) is 31.4 Å². The number of carbonyl (C=O) groups is 2. The molecule has 0 saturated heterocycles. The van der Waals surface area contributed by atoms with Gasteiger partial charge in [-0.2, -0.15) is 5.26 Å². The molecule has 2 aliphatic rings. The standard InChI is InChI=1S/C31H32N6O4S2/c1-18-7-4-5-8-20(18)27-21(16-32)29(33)37(22-9-6-10-23(38)28(22)27)30-35-36-31(43-30)42-17-26(39)34-14-13-19-11-12-24(40-2)25(15-19)41-3/h4-5,7-8,11-12,15,27H,6,9-10,13-14,17,33H2,1-3H3,(H,34,39). The van der Waals surface area contributed by atoms with Crippen LogP contribution in [0.4, 0.5) is 5.13 Å². The molecule has 2 heterocycles. The number of Topliss-reactive ketones (excluding diaryl/α,β-unsaturated/α-hetero) is 1. The number of nitriles is 1. The maximum Gasteiger partial charge on any atom is 0.230 e. The zero-order valence-electron chi connectivity index (χ0n) is 24.2. The molecule has 1 aliphatic heterocycles. The number of hydrogen-bond acceptors (Lipinski definition) is 11. The number of ether oxygens (including phenoxy) is 2. The molecule has 0 saturated carbocycles. The fraction of sp³-hybridized carbons (Fsp3) is 0.323. The van der Waals surface area contributed by atoms with E-state index in [1.54, 1.807) is 19.1 Å². The van der Waals surface area contributed by atoms with E-state index >= 15 is 0 Å². The molecule has 222 valence electrons. The van der Waals surface area contributed by atoms with Crippen molar-refractivity contribution in [3.8, 4) is 17.6 Å². The lowest BCUT2D eigenvalue weighted by molar-refractivity contribution is -0.118. The molecule has 1 atom stereocenters. The van der Waals surface area contributed by atoms with Gasteiger partial charge in [0.05, 0.1) is 37.5 Å². The third-order valence-electron chi connectivity index (χ3n) is 7.51. The first-order valence-corrected chi connectivity index (χ1v) is 15.6. The summed E-state index contributed by atoms with van der Waals surface area (Å²) in [6.07, 6.45) is 2.38. The van der Waals surface area contributed by atoms with E-state index in [2.05, 4.69) is 21.6 Å². The second-order valence-electron chi connectivity index (χ2n) is 10.1. The highest BCUT2D eigenvalue weighted by Gasteiger charge is 2.41. The third kappa shape index (κ3) is 6.23. The lowest BCUT2D eigenvalue weighted by Crippen LogP contribution is -2.38. The van der Waals surface area contributed by atoms with E-state index in [0.717, 1.165) is 22.4 Å². The zero-order chi connectivity index (χ0) is 30.5. The third-order valence-corrected chi connectivity index (χ3v) is 9.55. The molecule has 0 fully saturated rings. The highest BCUT2D eigenvalue weighted by molar-refractivity contribution is 8.01. The van der Waals surface area contributed by atoms with Gasteiger partial charge in [-0.3, -0.25) is 14.5 Å². The molecular weight excluding hydrogens is 585 g/mol. The first-order chi connectivity index (χ1) is 20.9. The fourth-order valence-electron chi connectivity index (χ4n) is 5.44. The molecule has 2 aromatic carbocycles. The number of aryl methyl sites for hydroxylation is 1. The van der Waals surface area contributed by atoms with Gasteiger partial charge in [-0.1, -0.05) is 53.4 Å². The molecule has 12 heteroatoms. The smallest absolute Gasteiger partial charge is 0.230 e. The number of benzene rings is 2. The first-order valence-electron chi connectivity index (χ1n) is 13.8. The van der Waals surface area contributed by atoms with Gasteiger partial charge < -0.3 is 20.5 Å². The highest BCUT2D eigenvalue weighted by Crippen LogP contribution is 2.47. The topological polar surface area (TPSA) is 143 Å². The second-order valence-corrected chi connectivity index (χ2v) is 12.3. The minimum atomic E-state index is -0.519. The van der Waals surface area contributed by atoms with Crippen LogP contribution in [-0.4, -0.2) is 48.4 Å². The van der Waals surface area contributed by atoms with Crippen LogP contribution in [-0.2, 0) is 16.0 Å². The van der Waals surface area contributed by atoms with Crippen LogP contribution in [0, 0.1) is 18.3 Å². The van der Waals surface area contributed by atoms with Gasteiger partial charge in [0.1, 0.15) is 5.82 Å². The number of ketones is 1. The molecule has 1 unspecified atom stereocenters. The van der Waals surface area contributed by atoms with E-state index < -0.39 is 5.92 Å².